The molecule has 108 valence electrons. The van der Waals surface area contributed by atoms with Crippen molar-refractivity contribution in [3.63, 3.8) is 0 Å². The second kappa shape index (κ2) is 5.39. The first-order valence-electron chi connectivity index (χ1n) is 7.19. The summed E-state index contributed by atoms with van der Waals surface area (Å²) in [6, 6.07) is -0.237. The highest BCUT2D eigenvalue weighted by Crippen LogP contribution is 2.60. The van der Waals surface area contributed by atoms with Crippen molar-refractivity contribution in [2.45, 2.75) is 39.5 Å². The van der Waals surface area contributed by atoms with Crippen LogP contribution in [0.5, 0.6) is 0 Å². The van der Waals surface area contributed by atoms with Crippen LogP contribution in [-0.2, 0) is 4.79 Å². The normalized spacial score (nSPS) is 21.8. The maximum Gasteiger partial charge on any atom is 0.314 e. The minimum Gasteiger partial charge on any atom is -0.481 e. The van der Waals surface area contributed by atoms with Crippen LogP contribution in [0.2, 0.25) is 0 Å². The van der Waals surface area contributed by atoms with Crippen molar-refractivity contribution in [3.05, 3.63) is 0 Å². The number of carbonyl (C=O) groups excluding carboxylic acids is 1. The number of hydrogen-bond acceptors (Lipinski definition) is 2. The molecule has 2 amide bonds. The summed E-state index contributed by atoms with van der Waals surface area (Å²) in [6.07, 6.45) is 5.05. The van der Waals surface area contributed by atoms with E-state index < -0.39 is 11.9 Å². The molecule has 0 bridgehead atoms. The Hall–Kier alpha value is -1.26. The van der Waals surface area contributed by atoms with Gasteiger partial charge in [0.1, 0.15) is 0 Å². The zero-order valence-electron chi connectivity index (χ0n) is 11.7. The van der Waals surface area contributed by atoms with Gasteiger partial charge in [-0.2, -0.15) is 0 Å². The number of aliphatic carboxylic acids is 1. The van der Waals surface area contributed by atoms with Crippen LogP contribution in [-0.4, -0.2) is 30.2 Å². The van der Waals surface area contributed by atoms with E-state index in [1.807, 2.05) is 13.8 Å². The van der Waals surface area contributed by atoms with Crippen LogP contribution >= 0.6 is 0 Å². The van der Waals surface area contributed by atoms with E-state index in [2.05, 4.69) is 10.6 Å². The molecule has 0 aromatic rings. The Bertz CT molecular complexity index is 360. The van der Waals surface area contributed by atoms with Crippen molar-refractivity contribution < 1.29 is 14.7 Å². The number of rotatable bonds is 7. The SMILES string of the molecule is CC(C)C(CNC(=O)NCC1(C2CC2)CC1)C(=O)O. The van der Waals surface area contributed by atoms with Gasteiger partial charge in [0.15, 0.2) is 0 Å². The van der Waals surface area contributed by atoms with Crippen LogP contribution in [0.3, 0.4) is 0 Å². The molecule has 0 saturated heterocycles. The fraction of sp³-hybridized carbons (Fsp3) is 0.857. The lowest BCUT2D eigenvalue weighted by atomic mass is 9.96. The largest absolute Gasteiger partial charge is 0.481 e. The van der Waals surface area contributed by atoms with Gasteiger partial charge in [0.25, 0.3) is 0 Å². The minimum atomic E-state index is -0.855. The molecule has 19 heavy (non-hydrogen) atoms. The van der Waals surface area contributed by atoms with Gasteiger partial charge in [-0.15, -0.1) is 0 Å². The second-order valence-corrected chi connectivity index (χ2v) is 6.39. The quantitative estimate of drug-likeness (QED) is 0.659. The lowest BCUT2D eigenvalue weighted by Crippen LogP contribution is -2.43. The summed E-state index contributed by atoms with van der Waals surface area (Å²) in [6.45, 7) is 4.63. The smallest absolute Gasteiger partial charge is 0.314 e. The molecule has 0 aromatic heterocycles. The highest BCUT2D eigenvalue weighted by Gasteiger charge is 2.53. The van der Waals surface area contributed by atoms with Crippen molar-refractivity contribution in [3.8, 4) is 0 Å². The van der Waals surface area contributed by atoms with Crippen LogP contribution < -0.4 is 10.6 Å². The summed E-state index contributed by atoms with van der Waals surface area (Å²) in [5.41, 5.74) is 0.377. The monoisotopic (exact) mass is 268 g/mol. The molecule has 2 aliphatic carbocycles. The van der Waals surface area contributed by atoms with E-state index in [0.717, 1.165) is 12.5 Å². The zero-order chi connectivity index (χ0) is 14.0. The molecular weight excluding hydrogens is 244 g/mol. The number of carboxylic acids is 1. The van der Waals surface area contributed by atoms with Gasteiger partial charge in [0, 0.05) is 13.1 Å². The Morgan fingerprint density at radius 1 is 1.26 bits per heavy atom. The minimum absolute atomic E-state index is 0.0130. The Labute approximate surface area is 114 Å². The van der Waals surface area contributed by atoms with Crippen molar-refractivity contribution in [2.24, 2.45) is 23.2 Å². The van der Waals surface area contributed by atoms with E-state index in [0.29, 0.717) is 5.41 Å². The van der Waals surface area contributed by atoms with E-state index in [1.165, 1.54) is 25.7 Å². The average Bonchev–Trinajstić information content (AvgIpc) is 3.17. The third-order valence-electron chi connectivity index (χ3n) is 4.54. The molecule has 0 spiro atoms. The molecule has 1 atom stereocenters. The average molecular weight is 268 g/mol. The van der Waals surface area contributed by atoms with Crippen molar-refractivity contribution in [2.75, 3.05) is 13.1 Å². The van der Waals surface area contributed by atoms with E-state index in [9.17, 15) is 9.59 Å². The molecule has 0 radical (unpaired) electrons. The predicted molar refractivity (Wildman–Crippen MR) is 71.8 cm³/mol. The Balaban J connectivity index is 1.68. The third kappa shape index (κ3) is 3.61. The van der Waals surface area contributed by atoms with Gasteiger partial charge in [-0.25, -0.2) is 4.79 Å². The molecule has 5 heteroatoms. The van der Waals surface area contributed by atoms with Crippen molar-refractivity contribution in [1.82, 2.24) is 10.6 Å². The molecule has 1 unspecified atom stereocenters. The molecule has 2 aliphatic rings. The number of amides is 2. The van der Waals surface area contributed by atoms with Gasteiger partial charge >= 0.3 is 12.0 Å². The molecular formula is C14H24N2O3. The molecule has 2 rings (SSSR count). The highest BCUT2D eigenvalue weighted by atomic mass is 16.4. The Morgan fingerprint density at radius 2 is 1.89 bits per heavy atom. The zero-order valence-corrected chi connectivity index (χ0v) is 11.7. The number of carboxylic acid groups (broad SMARTS) is 1. The first-order valence-corrected chi connectivity index (χ1v) is 7.19. The number of carbonyl (C=O) groups is 2. The van der Waals surface area contributed by atoms with E-state index in [-0.39, 0.29) is 18.5 Å². The second-order valence-electron chi connectivity index (χ2n) is 6.39. The van der Waals surface area contributed by atoms with Crippen molar-refractivity contribution >= 4 is 12.0 Å². The summed E-state index contributed by atoms with van der Waals surface area (Å²) < 4.78 is 0. The van der Waals surface area contributed by atoms with Gasteiger partial charge in [-0.3, -0.25) is 4.79 Å². The summed E-state index contributed by atoms with van der Waals surface area (Å²) in [7, 11) is 0. The van der Waals surface area contributed by atoms with Crippen LogP contribution in [0.4, 0.5) is 4.79 Å². The van der Waals surface area contributed by atoms with Crippen LogP contribution in [0.25, 0.3) is 0 Å². The molecule has 2 fully saturated rings. The van der Waals surface area contributed by atoms with Crippen LogP contribution in [0.1, 0.15) is 39.5 Å². The van der Waals surface area contributed by atoms with Gasteiger partial charge < -0.3 is 15.7 Å². The molecule has 5 nitrogen and oxygen atoms in total. The molecule has 2 saturated carbocycles. The Morgan fingerprint density at radius 3 is 2.32 bits per heavy atom. The molecule has 3 N–H and O–H groups in total. The lowest BCUT2D eigenvalue weighted by molar-refractivity contribution is -0.142. The molecule has 0 heterocycles. The first-order chi connectivity index (χ1) is 8.94. The van der Waals surface area contributed by atoms with E-state index >= 15 is 0 Å². The van der Waals surface area contributed by atoms with Crippen LogP contribution in [0.15, 0.2) is 0 Å². The number of hydrogen-bond donors (Lipinski definition) is 3. The van der Waals surface area contributed by atoms with Gasteiger partial charge in [-0.05, 0) is 42.9 Å². The van der Waals surface area contributed by atoms with E-state index in [4.69, 9.17) is 5.11 Å². The summed E-state index contributed by atoms with van der Waals surface area (Å²) in [5, 5.41) is 14.6. The number of nitrogens with one attached hydrogen (secondary N) is 2. The summed E-state index contributed by atoms with van der Waals surface area (Å²) in [4.78, 5) is 22.7. The predicted octanol–water partition coefficient (Wildman–Crippen LogP) is 1.83. The summed E-state index contributed by atoms with van der Waals surface area (Å²) >= 11 is 0. The van der Waals surface area contributed by atoms with Gasteiger partial charge in [0.2, 0.25) is 0 Å². The maximum absolute atomic E-state index is 11.7. The van der Waals surface area contributed by atoms with Crippen molar-refractivity contribution in [1.29, 1.82) is 0 Å². The van der Waals surface area contributed by atoms with Gasteiger partial charge in [-0.1, -0.05) is 13.8 Å². The van der Waals surface area contributed by atoms with Crippen LogP contribution in [0, 0.1) is 23.2 Å². The van der Waals surface area contributed by atoms with E-state index in [1.54, 1.807) is 0 Å². The fourth-order valence-corrected chi connectivity index (χ4v) is 2.72. The maximum atomic E-state index is 11.7. The number of urea groups is 1. The standard InChI is InChI=1S/C14H24N2O3/c1-9(2)11(12(17)18)7-15-13(19)16-8-14(5-6-14)10-3-4-10/h9-11H,3-8H2,1-2H3,(H,17,18)(H2,15,16,19). The van der Waals surface area contributed by atoms with Gasteiger partial charge in [0.05, 0.1) is 5.92 Å². The fourth-order valence-electron chi connectivity index (χ4n) is 2.72. The topological polar surface area (TPSA) is 78.4 Å². The lowest BCUT2D eigenvalue weighted by Gasteiger charge is -2.19. The Kier molecular flexibility index (Phi) is 4.02. The summed E-state index contributed by atoms with van der Waals surface area (Å²) in [5.74, 6) is -0.551. The first kappa shape index (κ1) is 14.2. The highest BCUT2D eigenvalue weighted by molar-refractivity contribution is 5.76. The molecule has 0 aromatic carbocycles. The third-order valence-corrected chi connectivity index (χ3v) is 4.54. The molecule has 0 aliphatic heterocycles.